The van der Waals surface area contributed by atoms with Crippen molar-refractivity contribution in [3.05, 3.63) is 43.5 Å². The van der Waals surface area contributed by atoms with Crippen LogP contribution in [0.5, 0.6) is 0 Å². The van der Waals surface area contributed by atoms with E-state index in [0.29, 0.717) is 3.58 Å². The lowest BCUT2D eigenvalue weighted by atomic mass is 10.1. The van der Waals surface area contributed by atoms with Gasteiger partial charge in [-0.2, -0.15) is 0 Å². The van der Waals surface area contributed by atoms with Gasteiger partial charge in [-0.1, -0.05) is 0 Å². The van der Waals surface area contributed by atoms with Crippen LogP contribution in [-0.2, 0) is 0 Å². The van der Waals surface area contributed by atoms with Crippen molar-refractivity contribution in [1.29, 1.82) is 0 Å². The van der Waals surface area contributed by atoms with Crippen LogP contribution >= 0.6 is 22.6 Å². The second kappa shape index (κ2) is 4.04. The Morgan fingerprint density at radius 1 is 0.438 bits per heavy atom. The zero-order valence-electron chi connectivity index (χ0n) is 8.42. The van der Waals surface area contributed by atoms with Crippen LogP contribution in [0.2, 0.25) is 0 Å². The molecule has 0 spiro atoms. The van der Waals surface area contributed by atoms with E-state index in [4.69, 9.17) is 40.1 Å². The van der Waals surface area contributed by atoms with E-state index >= 15 is 0 Å². The summed E-state index contributed by atoms with van der Waals surface area (Å²) in [5.41, 5.74) is 41.1. The molecular weight excluding hydrogens is 321 g/mol. The van der Waals surface area contributed by atoms with Gasteiger partial charge in [-0.05, 0) is 22.6 Å². The van der Waals surface area contributed by atoms with E-state index in [1.54, 1.807) is 0 Å². The average molecular weight is 335 g/mol. The van der Waals surface area contributed by atoms with Crippen molar-refractivity contribution in [3.8, 4) is 0 Å². The molecule has 0 aromatic heterocycles. The monoisotopic (exact) mass is 335 g/mol. The van der Waals surface area contributed by atoms with Crippen LogP contribution in [0.15, 0.2) is 43.5 Å². The van der Waals surface area contributed by atoms with E-state index in [-0.39, 0.29) is 39.9 Å². The van der Waals surface area contributed by atoms with Crippen LogP contribution in [-0.4, -0.2) is 0 Å². The van der Waals surface area contributed by atoms with Crippen molar-refractivity contribution in [2.24, 2.45) is 40.1 Å². The lowest BCUT2D eigenvalue weighted by Crippen LogP contribution is -2.29. The van der Waals surface area contributed by atoms with Crippen LogP contribution in [0.3, 0.4) is 0 Å². The fraction of sp³-hybridized carbons (Fsp3) is 0. The maximum atomic E-state index is 5.76. The van der Waals surface area contributed by atoms with E-state index in [9.17, 15) is 0 Å². The van der Waals surface area contributed by atoms with Crippen molar-refractivity contribution < 1.29 is 0 Å². The highest BCUT2D eigenvalue weighted by molar-refractivity contribution is 14.1. The van der Waals surface area contributed by atoms with E-state index in [1.165, 1.54) is 0 Å². The van der Waals surface area contributed by atoms with Gasteiger partial charge in [-0.3, -0.25) is 0 Å². The van der Waals surface area contributed by atoms with E-state index in [0.717, 1.165) is 0 Å². The second-order valence-electron chi connectivity index (χ2n) is 3.21. The van der Waals surface area contributed by atoms with Gasteiger partial charge in [0.1, 0.15) is 0 Å². The highest BCUT2D eigenvalue weighted by atomic mass is 127. The first-order chi connectivity index (χ1) is 7.29. The topological polar surface area (TPSA) is 182 Å². The maximum absolute atomic E-state index is 5.76. The van der Waals surface area contributed by atoms with Gasteiger partial charge in [-0.25, -0.2) is 0 Å². The molecule has 0 saturated heterocycles. The maximum Gasteiger partial charge on any atom is 0.0825 e. The minimum absolute atomic E-state index is 0.0739. The van der Waals surface area contributed by atoms with Crippen LogP contribution in [0, 0.1) is 0 Å². The molecule has 0 aliphatic heterocycles. The molecule has 0 radical (unpaired) electrons. The van der Waals surface area contributed by atoms with Crippen LogP contribution in [0.4, 0.5) is 0 Å². The van der Waals surface area contributed by atoms with Gasteiger partial charge in [0.05, 0.1) is 43.5 Å². The molecule has 0 heterocycles. The predicted octanol–water partition coefficient (Wildman–Crippen LogP) is -2.01. The minimum atomic E-state index is 0.0739. The molecule has 0 fully saturated rings. The van der Waals surface area contributed by atoms with Gasteiger partial charge < -0.3 is 40.1 Å². The van der Waals surface area contributed by atoms with Gasteiger partial charge in [0, 0.05) is 0 Å². The van der Waals surface area contributed by atoms with E-state index in [2.05, 4.69) is 0 Å². The van der Waals surface area contributed by atoms with Gasteiger partial charge in [0.15, 0.2) is 0 Å². The zero-order chi connectivity index (χ0) is 12.6. The summed E-state index contributed by atoms with van der Waals surface area (Å²) in [5.74, 6) is 0. The van der Waals surface area contributed by atoms with Crippen molar-refractivity contribution >= 4 is 22.6 Å². The van der Waals surface area contributed by atoms with Crippen molar-refractivity contribution in [3.63, 3.8) is 0 Å². The SMILES string of the molecule is NC1=C(N)C(N)=C(N)C(I)=C(N)C(N)=C1N. The molecule has 0 unspecified atom stereocenters. The van der Waals surface area contributed by atoms with Gasteiger partial charge in [-0.15, -0.1) is 0 Å². The van der Waals surface area contributed by atoms with Crippen LogP contribution in [0.25, 0.3) is 0 Å². The lowest BCUT2D eigenvalue weighted by Gasteiger charge is -2.18. The smallest absolute Gasteiger partial charge is 0.0825 e. The third-order valence-corrected chi connectivity index (χ3v) is 3.38. The standard InChI is InChI=1S/C8H14IN7/c9-1-2(10)4(12)6(14)8(16)7(15)5(13)3(1)11/h10-16H2. The largest absolute Gasteiger partial charge is 0.396 e. The Kier molecular flexibility index (Phi) is 3.12. The summed E-state index contributed by atoms with van der Waals surface area (Å²) in [7, 11) is 0. The molecule has 14 N–H and O–H groups in total. The average Bonchev–Trinajstić information content (AvgIpc) is 2.30. The first-order valence-electron chi connectivity index (χ1n) is 4.21. The summed E-state index contributed by atoms with van der Waals surface area (Å²) in [6.45, 7) is 0. The molecule has 0 saturated carbocycles. The molecule has 0 bridgehead atoms. The van der Waals surface area contributed by atoms with E-state index in [1.807, 2.05) is 22.6 Å². The molecule has 0 aromatic rings. The lowest BCUT2D eigenvalue weighted by molar-refractivity contribution is 1.04. The highest BCUT2D eigenvalue weighted by Gasteiger charge is 2.19. The summed E-state index contributed by atoms with van der Waals surface area (Å²) in [6, 6.07) is 0. The Bertz CT molecular complexity index is 319. The van der Waals surface area contributed by atoms with Crippen molar-refractivity contribution in [2.75, 3.05) is 0 Å². The Morgan fingerprint density at radius 2 is 0.688 bits per heavy atom. The molecule has 0 aromatic carbocycles. The molecule has 88 valence electrons. The summed E-state index contributed by atoms with van der Waals surface area (Å²) >= 11 is 1.91. The summed E-state index contributed by atoms with van der Waals surface area (Å²) in [4.78, 5) is 0. The minimum Gasteiger partial charge on any atom is -0.396 e. The first kappa shape index (κ1) is 12.4. The van der Waals surface area contributed by atoms with Gasteiger partial charge >= 0.3 is 0 Å². The quantitative estimate of drug-likeness (QED) is 0.250. The Morgan fingerprint density at radius 3 is 1.06 bits per heavy atom. The van der Waals surface area contributed by atoms with Crippen LogP contribution < -0.4 is 40.1 Å². The number of halogens is 1. The summed E-state index contributed by atoms with van der Waals surface area (Å²) in [6.07, 6.45) is 0. The normalized spacial score (nSPS) is 19.1. The van der Waals surface area contributed by atoms with Gasteiger partial charge in [0.25, 0.3) is 0 Å². The number of nitrogens with two attached hydrogens (primary N) is 7. The Labute approximate surface area is 106 Å². The molecule has 0 atom stereocenters. The molecule has 1 aliphatic carbocycles. The molecule has 1 aliphatic rings. The highest BCUT2D eigenvalue weighted by Crippen LogP contribution is 2.25. The third-order valence-electron chi connectivity index (χ3n) is 2.21. The predicted molar refractivity (Wildman–Crippen MR) is 71.4 cm³/mol. The molecule has 7 nitrogen and oxygen atoms in total. The summed E-state index contributed by atoms with van der Waals surface area (Å²) < 4.78 is 0.492. The first-order valence-corrected chi connectivity index (χ1v) is 5.29. The Hall–Kier alpha value is -1.71. The van der Waals surface area contributed by atoms with E-state index < -0.39 is 0 Å². The number of hydrogen-bond acceptors (Lipinski definition) is 7. The molecule has 1 rings (SSSR count). The number of hydrogen-bond donors (Lipinski definition) is 7. The zero-order valence-corrected chi connectivity index (χ0v) is 10.6. The fourth-order valence-electron chi connectivity index (χ4n) is 1.11. The summed E-state index contributed by atoms with van der Waals surface area (Å²) in [5, 5.41) is 0. The number of rotatable bonds is 0. The molecule has 0 amide bonds. The van der Waals surface area contributed by atoms with Gasteiger partial charge in [0.2, 0.25) is 0 Å². The third kappa shape index (κ3) is 1.71. The van der Waals surface area contributed by atoms with Crippen molar-refractivity contribution in [2.45, 2.75) is 0 Å². The van der Waals surface area contributed by atoms with Crippen LogP contribution in [0.1, 0.15) is 0 Å². The molecular formula is C8H14IN7. The fourth-order valence-corrected chi connectivity index (χ4v) is 1.69. The Balaban J connectivity index is 3.67. The second-order valence-corrected chi connectivity index (χ2v) is 4.29. The number of allylic oxidation sites excluding steroid dienone is 1. The molecule has 8 heteroatoms. The van der Waals surface area contributed by atoms with Crippen molar-refractivity contribution in [1.82, 2.24) is 0 Å². The molecule has 16 heavy (non-hydrogen) atoms.